The molecule has 0 unspecified atom stereocenters. The summed E-state index contributed by atoms with van der Waals surface area (Å²) < 4.78 is 25.4. The zero-order valence-electron chi connectivity index (χ0n) is 38.4. The van der Waals surface area contributed by atoms with Gasteiger partial charge in [-0.25, -0.2) is 0 Å². The molecule has 8 aromatic rings. The third-order valence-electron chi connectivity index (χ3n) is 12.6. The molecule has 0 aliphatic heterocycles. The number of ether oxygens (including phenoxy) is 4. The SMILES string of the molecule is C=Cc1ccc2ccc(OCc3ccc4ccc(OCCCCCCC)cc4c3Cl)cc2c1-c1c(C=C)ccc2ccc(OCc3ccc4ccc(OCCCCCCC)cc4c3Cl)cc12. The van der Waals surface area contributed by atoms with Gasteiger partial charge in [0.05, 0.1) is 23.3 Å². The highest BCUT2D eigenvalue weighted by atomic mass is 35.5. The van der Waals surface area contributed by atoms with Crippen LogP contribution in [0.25, 0.3) is 66.4 Å². The van der Waals surface area contributed by atoms with Crippen molar-refractivity contribution in [2.24, 2.45) is 0 Å². The lowest BCUT2D eigenvalue weighted by atomic mass is 9.87. The van der Waals surface area contributed by atoms with Gasteiger partial charge in [-0.3, -0.25) is 0 Å². The predicted molar refractivity (Wildman–Crippen MR) is 282 cm³/mol. The van der Waals surface area contributed by atoms with Crippen LogP contribution < -0.4 is 18.9 Å². The monoisotopic (exact) mass is 914 g/mol. The standard InChI is InChI=1S/C60H60Cl2O4/c1-5-9-11-13-15-33-63-49-29-27-45-21-23-47(59(61)55(45)37-49)39-65-51-31-25-43-19-17-41(7-3)57(53(43)35-51)58-42(8-4)18-20-44-26-32-52(36-54(44)58)66-40-48-24-22-46-28-30-50(38-56(46)60(48)62)64-34-16-14-12-10-6-2/h7-8,17-32,35-38H,3-6,9-16,33-34,39-40H2,1-2H3. The van der Waals surface area contributed by atoms with Crippen molar-refractivity contribution >= 4 is 78.4 Å². The minimum absolute atomic E-state index is 0.307. The summed E-state index contributed by atoms with van der Waals surface area (Å²) >= 11 is 14.2. The van der Waals surface area contributed by atoms with E-state index in [1.165, 1.54) is 51.4 Å². The van der Waals surface area contributed by atoms with E-state index in [-0.39, 0.29) is 0 Å². The average molecular weight is 916 g/mol. The molecule has 0 amide bonds. The Bertz CT molecular complexity index is 2790. The Hall–Kier alpha value is -5.94. The number of fused-ring (bicyclic) bond motifs is 4. The molecule has 0 N–H and O–H groups in total. The van der Waals surface area contributed by atoms with Gasteiger partial charge >= 0.3 is 0 Å². The van der Waals surface area contributed by atoms with Gasteiger partial charge in [0, 0.05) is 21.9 Å². The van der Waals surface area contributed by atoms with E-state index >= 15 is 0 Å². The van der Waals surface area contributed by atoms with Gasteiger partial charge in [0.2, 0.25) is 0 Å². The molecule has 6 heteroatoms. The van der Waals surface area contributed by atoms with E-state index in [2.05, 4.69) is 99.8 Å². The fourth-order valence-electron chi connectivity index (χ4n) is 8.84. The Balaban J connectivity index is 1.05. The number of hydrogen-bond donors (Lipinski definition) is 0. The lowest BCUT2D eigenvalue weighted by Gasteiger charge is -2.18. The maximum Gasteiger partial charge on any atom is 0.120 e. The molecule has 0 saturated heterocycles. The van der Waals surface area contributed by atoms with Crippen molar-refractivity contribution < 1.29 is 18.9 Å². The minimum atomic E-state index is 0.307. The van der Waals surface area contributed by atoms with Crippen LogP contribution >= 0.6 is 23.2 Å². The number of benzene rings is 8. The predicted octanol–water partition coefficient (Wildman–Crippen LogP) is 18.4. The van der Waals surface area contributed by atoms with Crippen LogP contribution in [0.5, 0.6) is 23.0 Å². The second kappa shape index (κ2) is 22.5. The summed E-state index contributed by atoms with van der Waals surface area (Å²) in [5, 5.41) is 9.62. The Morgan fingerprint density at radius 1 is 0.394 bits per heavy atom. The second-order valence-corrected chi connectivity index (χ2v) is 17.9. The van der Waals surface area contributed by atoms with Gasteiger partial charge in [-0.05, 0) is 116 Å². The molecular weight excluding hydrogens is 856 g/mol. The topological polar surface area (TPSA) is 36.9 Å². The lowest BCUT2D eigenvalue weighted by Crippen LogP contribution is -1.99. The number of hydrogen-bond acceptors (Lipinski definition) is 4. The Labute approximate surface area is 400 Å². The van der Waals surface area contributed by atoms with E-state index in [1.807, 2.05) is 60.7 Å². The van der Waals surface area contributed by atoms with Crippen LogP contribution in [0, 0.1) is 0 Å². The van der Waals surface area contributed by atoms with E-state index in [0.29, 0.717) is 36.5 Å². The summed E-state index contributed by atoms with van der Waals surface area (Å²) in [6.07, 6.45) is 15.8. The molecule has 0 fully saturated rings. The van der Waals surface area contributed by atoms with Crippen LogP contribution in [0.3, 0.4) is 0 Å². The summed E-state index contributed by atoms with van der Waals surface area (Å²) in [4.78, 5) is 0. The first-order chi connectivity index (χ1) is 32.4. The first kappa shape index (κ1) is 46.6. The molecular formula is C60H60Cl2O4. The molecule has 0 heterocycles. The van der Waals surface area contributed by atoms with Crippen molar-refractivity contribution in [3.8, 4) is 34.1 Å². The van der Waals surface area contributed by atoms with Crippen molar-refractivity contribution in [3.05, 3.63) is 167 Å². The Morgan fingerprint density at radius 2 is 0.727 bits per heavy atom. The quantitative estimate of drug-likeness (QED) is 0.0599. The number of rotatable bonds is 23. The fourth-order valence-corrected chi connectivity index (χ4v) is 9.40. The van der Waals surface area contributed by atoms with Gasteiger partial charge in [-0.15, -0.1) is 0 Å². The third kappa shape index (κ3) is 10.8. The van der Waals surface area contributed by atoms with Crippen LogP contribution in [0.15, 0.2) is 134 Å². The maximum absolute atomic E-state index is 7.09. The zero-order valence-corrected chi connectivity index (χ0v) is 39.9. The van der Waals surface area contributed by atoms with Gasteiger partial charge in [0.25, 0.3) is 0 Å². The molecule has 8 aromatic carbocycles. The van der Waals surface area contributed by atoms with E-state index in [4.69, 9.17) is 42.1 Å². The Morgan fingerprint density at radius 3 is 1.12 bits per heavy atom. The largest absolute Gasteiger partial charge is 0.494 e. The van der Waals surface area contributed by atoms with E-state index in [1.54, 1.807) is 0 Å². The molecule has 0 aromatic heterocycles. The number of unbranched alkanes of at least 4 members (excludes halogenated alkanes) is 8. The highest BCUT2D eigenvalue weighted by Gasteiger charge is 2.18. The average Bonchev–Trinajstić information content (AvgIpc) is 3.35. The van der Waals surface area contributed by atoms with Crippen LogP contribution in [0.2, 0.25) is 10.0 Å². The van der Waals surface area contributed by atoms with Gasteiger partial charge in [0.15, 0.2) is 0 Å². The smallest absolute Gasteiger partial charge is 0.120 e. The van der Waals surface area contributed by atoms with Crippen molar-refractivity contribution in [1.29, 1.82) is 0 Å². The van der Waals surface area contributed by atoms with Gasteiger partial charge < -0.3 is 18.9 Å². The van der Waals surface area contributed by atoms with Crippen LogP contribution in [0.4, 0.5) is 0 Å². The van der Waals surface area contributed by atoms with Crippen LogP contribution in [-0.2, 0) is 13.2 Å². The first-order valence-electron chi connectivity index (χ1n) is 23.7. The van der Waals surface area contributed by atoms with Gasteiger partial charge in [-0.2, -0.15) is 0 Å². The summed E-state index contributed by atoms with van der Waals surface area (Å²) in [7, 11) is 0. The Kier molecular flexibility index (Phi) is 15.9. The van der Waals surface area contributed by atoms with Gasteiger partial charge in [-0.1, -0.05) is 187 Å². The molecule has 0 atom stereocenters. The lowest BCUT2D eigenvalue weighted by molar-refractivity contribution is 0.304. The summed E-state index contributed by atoms with van der Waals surface area (Å²) in [6.45, 7) is 15.0. The van der Waals surface area contributed by atoms with Crippen molar-refractivity contribution in [2.45, 2.75) is 91.3 Å². The molecule has 8 rings (SSSR count). The molecule has 0 aliphatic carbocycles. The third-order valence-corrected chi connectivity index (χ3v) is 13.5. The number of halogens is 2. The first-order valence-corrected chi connectivity index (χ1v) is 24.5. The highest BCUT2D eigenvalue weighted by molar-refractivity contribution is 6.36. The molecule has 4 nitrogen and oxygen atoms in total. The minimum Gasteiger partial charge on any atom is -0.494 e. The molecule has 66 heavy (non-hydrogen) atoms. The fraction of sp³-hybridized carbons (Fsp3) is 0.267. The molecule has 0 radical (unpaired) electrons. The van der Waals surface area contributed by atoms with Crippen molar-refractivity contribution in [2.75, 3.05) is 13.2 Å². The van der Waals surface area contributed by atoms with Crippen LogP contribution in [0.1, 0.15) is 100 Å². The molecule has 0 saturated carbocycles. The summed E-state index contributed by atoms with van der Waals surface area (Å²) in [5.41, 5.74) is 5.90. The van der Waals surface area contributed by atoms with E-state index < -0.39 is 0 Å². The summed E-state index contributed by atoms with van der Waals surface area (Å²) in [6, 6.07) is 41.6. The van der Waals surface area contributed by atoms with Crippen molar-refractivity contribution in [1.82, 2.24) is 0 Å². The second-order valence-electron chi connectivity index (χ2n) is 17.2. The maximum atomic E-state index is 7.09. The highest BCUT2D eigenvalue weighted by Crippen LogP contribution is 2.43. The molecule has 0 spiro atoms. The molecule has 0 bridgehead atoms. The van der Waals surface area contributed by atoms with E-state index in [9.17, 15) is 0 Å². The molecule has 338 valence electrons. The van der Waals surface area contributed by atoms with Crippen molar-refractivity contribution in [3.63, 3.8) is 0 Å². The molecule has 0 aliphatic rings. The van der Waals surface area contributed by atoms with Gasteiger partial charge in [0.1, 0.15) is 36.2 Å². The zero-order chi connectivity index (χ0) is 45.8. The normalized spacial score (nSPS) is 11.4. The van der Waals surface area contributed by atoms with Crippen LogP contribution in [-0.4, -0.2) is 13.2 Å². The summed E-state index contributed by atoms with van der Waals surface area (Å²) in [5.74, 6) is 3.14. The van der Waals surface area contributed by atoms with E-state index in [0.717, 1.165) is 112 Å².